The van der Waals surface area contributed by atoms with Gasteiger partial charge in [0.05, 0.1) is 17.4 Å². The minimum absolute atomic E-state index is 0.122. The number of piperidine rings is 1. The van der Waals surface area contributed by atoms with Crippen LogP contribution in [0.2, 0.25) is 0 Å². The zero-order valence-corrected chi connectivity index (χ0v) is 18.7. The van der Waals surface area contributed by atoms with Gasteiger partial charge in [0, 0.05) is 13.1 Å². The van der Waals surface area contributed by atoms with Gasteiger partial charge in [-0.15, -0.1) is 0 Å². The molecule has 1 fully saturated rings. The molecule has 1 aliphatic heterocycles. The summed E-state index contributed by atoms with van der Waals surface area (Å²) in [5.41, 5.74) is 3.27. The minimum Gasteiger partial charge on any atom is -0.492 e. The molecule has 2 aromatic rings. The molecule has 1 N–H and O–H groups in total. The molecule has 0 spiro atoms. The molecule has 3 rings (SSSR count). The Morgan fingerprint density at radius 2 is 1.73 bits per heavy atom. The lowest BCUT2D eigenvalue weighted by Crippen LogP contribution is -2.45. The second-order valence-electron chi connectivity index (χ2n) is 7.98. The molecular weight excluding hydrogens is 400 g/mol. The number of hydrogen-bond donors (Lipinski definition) is 1. The number of carbonyl (C=O) groups is 1. The van der Waals surface area contributed by atoms with Gasteiger partial charge in [0.2, 0.25) is 15.9 Å². The van der Waals surface area contributed by atoms with E-state index in [1.54, 1.807) is 24.3 Å². The van der Waals surface area contributed by atoms with E-state index in [9.17, 15) is 13.2 Å². The fraction of sp³-hybridized carbons (Fsp3) is 0.435. The maximum Gasteiger partial charge on any atom is 0.243 e. The third kappa shape index (κ3) is 5.61. The lowest BCUT2D eigenvalue weighted by atomic mass is 9.99. The van der Waals surface area contributed by atoms with E-state index in [-0.39, 0.29) is 23.3 Å². The van der Waals surface area contributed by atoms with Gasteiger partial charge < -0.3 is 10.1 Å². The van der Waals surface area contributed by atoms with E-state index in [4.69, 9.17) is 4.74 Å². The van der Waals surface area contributed by atoms with Gasteiger partial charge in [-0.25, -0.2) is 8.42 Å². The van der Waals surface area contributed by atoms with Crippen LogP contribution in [0.4, 0.5) is 0 Å². The second-order valence-corrected chi connectivity index (χ2v) is 9.92. The molecule has 0 saturated carbocycles. The molecule has 7 heteroatoms. The van der Waals surface area contributed by atoms with Crippen molar-refractivity contribution in [3.8, 4) is 5.75 Å². The Labute approximate surface area is 179 Å². The summed E-state index contributed by atoms with van der Waals surface area (Å²) in [4.78, 5) is 12.9. The van der Waals surface area contributed by atoms with Crippen LogP contribution in [-0.4, -0.2) is 44.9 Å². The first-order valence-corrected chi connectivity index (χ1v) is 11.8. The van der Waals surface area contributed by atoms with Gasteiger partial charge in [0.15, 0.2) is 0 Å². The van der Waals surface area contributed by atoms with Crippen molar-refractivity contribution in [2.24, 2.45) is 5.92 Å². The summed E-state index contributed by atoms with van der Waals surface area (Å²) in [6.07, 6.45) is 1.35. The Kier molecular flexibility index (Phi) is 7.15. The van der Waals surface area contributed by atoms with Crippen molar-refractivity contribution in [2.75, 3.05) is 26.2 Å². The summed E-state index contributed by atoms with van der Waals surface area (Å²) < 4.78 is 33.0. The predicted octanol–water partition coefficient (Wildman–Crippen LogP) is 3.21. The number of nitrogens with zero attached hydrogens (tertiary/aromatic N) is 1. The number of amides is 1. The number of aryl methyl sites for hydroxylation is 3. The third-order valence-electron chi connectivity index (χ3n) is 5.28. The molecule has 6 nitrogen and oxygen atoms in total. The predicted molar refractivity (Wildman–Crippen MR) is 117 cm³/mol. The number of ether oxygens (including phenoxy) is 1. The number of sulfonamides is 1. The summed E-state index contributed by atoms with van der Waals surface area (Å²) in [5.74, 6) is 0.317. The quantitative estimate of drug-likeness (QED) is 0.685. The van der Waals surface area contributed by atoms with E-state index in [1.807, 2.05) is 32.9 Å². The Morgan fingerprint density at radius 3 is 2.40 bits per heavy atom. The van der Waals surface area contributed by atoms with Gasteiger partial charge in [-0.05, 0) is 69.0 Å². The summed E-state index contributed by atoms with van der Waals surface area (Å²) in [6.45, 7) is 7.35. The lowest BCUT2D eigenvalue weighted by molar-refractivity contribution is -0.126. The molecule has 0 unspecified atom stereocenters. The molecular formula is C23H30N2O4S. The van der Waals surface area contributed by atoms with Crippen molar-refractivity contribution in [2.45, 2.75) is 38.5 Å². The van der Waals surface area contributed by atoms with Crippen molar-refractivity contribution < 1.29 is 17.9 Å². The largest absolute Gasteiger partial charge is 0.492 e. The van der Waals surface area contributed by atoms with Crippen molar-refractivity contribution >= 4 is 15.9 Å². The molecule has 0 aliphatic carbocycles. The molecule has 30 heavy (non-hydrogen) atoms. The maximum atomic E-state index is 12.9. The third-order valence-corrected chi connectivity index (χ3v) is 7.16. The first kappa shape index (κ1) is 22.3. The van der Waals surface area contributed by atoms with Gasteiger partial charge in [0.1, 0.15) is 12.4 Å². The first-order chi connectivity index (χ1) is 14.3. The van der Waals surface area contributed by atoms with Crippen LogP contribution in [0.5, 0.6) is 5.75 Å². The number of hydrogen-bond acceptors (Lipinski definition) is 4. The van der Waals surface area contributed by atoms with Gasteiger partial charge in [0.25, 0.3) is 0 Å². The standard InChI is InChI=1S/C23H30N2O4S/c1-17-6-8-22(9-7-17)30(27,28)25-11-4-5-20(16-25)23(26)24-10-12-29-21-14-18(2)13-19(3)15-21/h6-9,13-15,20H,4-5,10-12,16H2,1-3H3,(H,24,26)/t20-/m1/s1. The van der Waals surface area contributed by atoms with E-state index in [0.717, 1.165) is 22.4 Å². The van der Waals surface area contributed by atoms with Crippen LogP contribution in [0.25, 0.3) is 0 Å². The van der Waals surface area contributed by atoms with Crippen molar-refractivity contribution in [3.63, 3.8) is 0 Å². The van der Waals surface area contributed by atoms with Crippen LogP contribution < -0.4 is 10.1 Å². The monoisotopic (exact) mass is 430 g/mol. The van der Waals surface area contributed by atoms with E-state index < -0.39 is 10.0 Å². The van der Waals surface area contributed by atoms with Gasteiger partial charge in [-0.3, -0.25) is 4.79 Å². The summed E-state index contributed by atoms with van der Waals surface area (Å²) in [6, 6.07) is 12.8. The number of rotatable bonds is 7. The molecule has 1 amide bonds. The first-order valence-electron chi connectivity index (χ1n) is 10.3. The van der Waals surface area contributed by atoms with Gasteiger partial charge in [-0.2, -0.15) is 4.31 Å². The van der Waals surface area contributed by atoms with Gasteiger partial charge in [-0.1, -0.05) is 23.8 Å². The Bertz CT molecular complexity index is 967. The van der Waals surface area contributed by atoms with Crippen molar-refractivity contribution in [1.29, 1.82) is 0 Å². The van der Waals surface area contributed by atoms with Crippen molar-refractivity contribution in [1.82, 2.24) is 9.62 Å². The Morgan fingerprint density at radius 1 is 1.07 bits per heavy atom. The Balaban J connectivity index is 1.52. The second kappa shape index (κ2) is 9.62. The SMILES string of the molecule is Cc1ccc(S(=O)(=O)N2CCC[C@@H](C(=O)NCCOc3cc(C)cc(C)c3)C2)cc1. The number of nitrogens with one attached hydrogen (secondary N) is 1. The van der Waals surface area contributed by atoms with E-state index in [0.29, 0.717) is 32.5 Å². The van der Waals surface area contributed by atoms with E-state index in [1.165, 1.54) is 4.31 Å². The van der Waals surface area contributed by atoms with Crippen LogP contribution >= 0.6 is 0 Å². The van der Waals surface area contributed by atoms with E-state index >= 15 is 0 Å². The Hall–Kier alpha value is -2.38. The molecule has 1 heterocycles. The molecule has 1 saturated heterocycles. The highest BCUT2D eigenvalue weighted by molar-refractivity contribution is 7.89. The topological polar surface area (TPSA) is 75.7 Å². The highest BCUT2D eigenvalue weighted by atomic mass is 32.2. The molecule has 162 valence electrons. The molecule has 1 aliphatic rings. The average Bonchev–Trinajstić information content (AvgIpc) is 2.71. The normalized spacial score (nSPS) is 17.5. The summed E-state index contributed by atoms with van der Waals surface area (Å²) in [7, 11) is -3.59. The molecule has 1 atom stereocenters. The van der Waals surface area contributed by atoms with Crippen molar-refractivity contribution in [3.05, 3.63) is 59.2 Å². The van der Waals surface area contributed by atoms with Crippen LogP contribution in [-0.2, 0) is 14.8 Å². The smallest absolute Gasteiger partial charge is 0.243 e. The van der Waals surface area contributed by atoms with Crippen LogP contribution in [0.3, 0.4) is 0 Å². The zero-order chi connectivity index (χ0) is 21.7. The number of carbonyl (C=O) groups excluding carboxylic acids is 1. The maximum absolute atomic E-state index is 12.9. The average molecular weight is 431 g/mol. The fourth-order valence-corrected chi connectivity index (χ4v) is 5.26. The van der Waals surface area contributed by atoms with E-state index in [2.05, 4.69) is 11.4 Å². The number of benzene rings is 2. The zero-order valence-electron chi connectivity index (χ0n) is 17.8. The van der Waals surface area contributed by atoms with Crippen LogP contribution in [0, 0.1) is 26.7 Å². The van der Waals surface area contributed by atoms with Gasteiger partial charge >= 0.3 is 0 Å². The summed E-state index contributed by atoms with van der Waals surface area (Å²) in [5, 5.41) is 2.89. The fourth-order valence-electron chi connectivity index (χ4n) is 3.74. The molecule has 0 aromatic heterocycles. The van der Waals surface area contributed by atoms with Crippen LogP contribution in [0.15, 0.2) is 47.4 Å². The summed E-state index contributed by atoms with van der Waals surface area (Å²) >= 11 is 0. The lowest BCUT2D eigenvalue weighted by Gasteiger charge is -2.31. The molecule has 0 radical (unpaired) electrons. The highest BCUT2D eigenvalue weighted by Crippen LogP contribution is 2.24. The highest BCUT2D eigenvalue weighted by Gasteiger charge is 2.33. The molecule has 2 aromatic carbocycles. The molecule has 0 bridgehead atoms. The van der Waals surface area contributed by atoms with Crippen LogP contribution in [0.1, 0.15) is 29.5 Å². The minimum atomic E-state index is -3.59.